The number of hydrogen-bond donors (Lipinski definition) is 3. The highest BCUT2D eigenvalue weighted by atomic mass is 32.2. The van der Waals surface area contributed by atoms with Crippen molar-refractivity contribution < 1.29 is 17.4 Å². The average molecular weight is 484 g/mol. The molecule has 1 fully saturated rings. The first-order chi connectivity index (χ1) is 16.3. The Labute approximate surface area is 195 Å². The van der Waals surface area contributed by atoms with Gasteiger partial charge in [0.25, 0.3) is 0 Å². The molecule has 0 saturated carbocycles. The third-order valence-electron chi connectivity index (χ3n) is 5.41. The second-order valence-corrected chi connectivity index (χ2v) is 10.2. The van der Waals surface area contributed by atoms with Crippen LogP contribution in [-0.4, -0.2) is 54.1 Å². The molecule has 0 amide bonds. The van der Waals surface area contributed by atoms with Crippen LogP contribution in [0.5, 0.6) is 0 Å². The van der Waals surface area contributed by atoms with Crippen molar-refractivity contribution in [3.8, 4) is 6.07 Å². The molecular weight excluding hydrogens is 461 g/mol. The Morgan fingerprint density at radius 3 is 2.56 bits per heavy atom. The molecule has 2 heterocycles. The minimum atomic E-state index is -2.89. The third kappa shape index (κ3) is 5.75. The van der Waals surface area contributed by atoms with E-state index in [1.54, 1.807) is 6.07 Å². The summed E-state index contributed by atoms with van der Waals surface area (Å²) in [6, 6.07) is 13.5. The number of nitriles is 1. The van der Waals surface area contributed by atoms with E-state index in [2.05, 4.69) is 25.8 Å². The second kappa shape index (κ2) is 9.98. The second-order valence-electron chi connectivity index (χ2n) is 7.87. The van der Waals surface area contributed by atoms with Crippen LogP contribution in [0.2, 0.25) is 0 Å². The number of amidine groups is 1. The smallest absolute Gasteiger partial charge is 0.202 e. The largest absolute Gasteiger partial charge is 0.361 e. The molecule has 1 aromatic heterocycles. The van der Waals surface area contributed by atoms with E-state index in [0.29, 0.717) is 31.9 Å². The van der Waals surface area contributed by atoms with E-state index in [4.69, 9.17) is 15.3 Å². The van der Waals surface area contributed by atoms with Gasteiger partial charge in [0.2, 0.25) is 5.82 Å². The summed E-state index contributed by atoms with van der Waals surface area (Å²) < 4.78 is 41.4. The van der Waals surface area contributed by atoms with Gasteiger partial charge < -0.3 is 10.6 Å². The van der Waals surface area contributed by atoms with Crippen molar-refractivity contribution in [3.05, 3.63) is 70.7 Å². The molecule has 0 unspecified atom stereocenters. The lowest BCUT2D eigenvalue weighted by Gasteiger charge is -2.26. The lowest BCUT2D eigenvalue weighted by Crippen LogP contribution is -2.39. The Hall–Kier alpha value is -3.82. The fraction of sp³-hybridized carbons (Fsp3) is 0.273. The van der Waals surface area contributed by atoms with E-state index in [0.717, 1.165) is 17.2 Å². The summed E-state index contributed by atoms with van der Waals surface area (Å²) in [5, 5.41) is 30.6. The molecule has 2 aromatic carbocycles. The van der Waals surface area contributed by atoms with Gasteiger partial charge in [0.1, 0.15) is 11.9 Å². The van der Waals surface area contributed by atoms with Gasteiger partial charge >= 0.3 is 0 Å². The zero-order chi connectivity index (χ0) is 24.1. The zero-order valence-electron chi connectivity index (χ0n) is 18.1. The number of hydrogen-bond acceptors (Lipinski definition) is 9. The maximum Gasteiger partial charge on any atom is 0.202 e. The molecule has 12 heteroatoms. The summed E-state index contributed by atoms with van der Waals surface area (Å²) in [4.78, 5) is 2.13. The summed E-state index contributed by atoms with van der Waals surface area (Å²) in [6.45, 7) is 2.19. The Kier molecular flexibility index (Phi) is 6.85. The van der Waals surface area contributed by atoms with Crippen LogP contribution in [0.4, 0.5) is 15.9 Å². The molecule has 3 N–H and O–H groups in total. The Balaban J connectivity index is 1.33. The number of nitrogens with one attached hydrogen (secondary N) is 3. The van der Waals surface area contributed by atoms with Crippen molar-refractivity contribution in [2.24, 2.45) is 0 Å². The first kappa shape index (κ1) is 23.3. The number of nitrogens with zero attached hydrogens (tertiary/aromatic N) is 4. The normalized spacial score (nSPS) is 15.4. The van der Waals surface area contributed by atoms with Crippen molar-refractivity contribution >= 4 is 27.2 Å². The van der Waals surface area contributed by atoms with E-state index >= 15 is 0 Å². The van der Waals surface area contributed by atoms with Crippen LogP contribution in [0.25, 0.3) is 0 Å². The number of rotatable bonds is 7. The predicted molar refractivity (Wildman–Crippen MR) is 124 cm³/mol. The molecule has 0 spiro atoms. The lowest BCUT2D eigenvalue weighted by molar-refractivity contribution is 0.287. The maximum atomic E-state index is 13.5. The summed E-state index contributed by atoms with van der Waals surface area (Å²) in [6.07, 6.45) is 0. The molecule has 4 rings (SSSR count). The van der Waals surface area contributed by atoms with Crippen LogP contribution in [-0.2, 0) is 22.9 Å². The van der Waals surface area contributed by atoms with Crippen LogP contribution >= 0.6 is 0 Å². The molecule has 0 atom stereocenters. The van der Waals surface area contributed by atoms with Gasteiger partial charge in [0.05, 0.1) is 17.1 Å². The number of benzene rings is 2. The number of sulfone groups is 1. The minimum absolute atomic E-state index is 0.127. The summed E-state index contributed by atoms with van der Waals surface area (Å²) in [5.74, 6) is -0.0990. The molecule has 0 bridgehead atoms. The lowest BCUT2D eigenvalue weighted by atomic mass is 10.1. The van der Waals surface area contributed by atoms with Crippen molar-refractivity contribution in [1.29, 1.82) is 10.7 Å². The first-order valence-corrected chi connectivity index (χ1v) is 12.3. The number of anilines is 2. The van der Waals surface area contributed by atoms with E-state index in [1.807, 2.05) is 24.3 Å². The average Bonchev–Trinajstić information content (AvgIpc) is 3.30. The Morgan fingerprint density at radius 1 is 1.15 bits per heavy atom. The molecule has 1 aliphatic rings. The third-order valence-corrected chi connectivity index (χ3v) is 7.02. The molecule has 3 aromatic rings. The van der Waals surface area contributed by atoms with Crippen LogP contribution in [0.15, 0.2) is 47.1 Å². The number of halogens is 1. The Bertz CT molecular complexity index is 1320. The quantitative estimate of drug-likeness (QED) is 0.340. The first-order valence-electron chi connectivity index (χ1n) is 10.5. The zero-order valence-corrected chi connectivity index (χ0v) is 18.9. The predicted octanol–water partition coefficient (Wildman–Crippen LogP) is 2.36. The minimum Gasteiger partial charge on any atom is -0.361 e. The van der Waals surface area contributed by atoms with Gasteiger partial charge in [-0.25, -0.2) is 17.4 Å². The highest BCUT2D eigenvalue weighted by Gasteiger charge is 2.21. The fourth-order valence-electron chi connectivity index (χ4n) is 3.48. The van der Waals surface area contributed by atoms with E-state index < -0.39 is 15.7 Å². The van der Waals surface area contributed by atoms with Gasteiger partial charge in [-0.15, -0.1) is 0 Å². The van der Waals surface area contributed by atoms with E-state index in [1.165, 1.54) is 12.1 Å². The van der Waals surface area contributed by atoms with Crippen molar-refractivity contribution in [2.45, 2.75) is 13.1 Å². The summed E-state index contributed by atoms with van der Waals surface area (Å²) in [7, 11) is -2.89. The monoisotopic (exact) mass is 483 g/mol. The highest BCUT2D eigenvalue weighted by molar-refractivity contribution is 7.91. The number of aromatic nitrogens is 2. The molecular formula is C22H22FN7O3S. The molecule has 0 aliphatic carbocycles. The molecule has 1 aliphatic heterocycles. The maximum absolute atomic E-state index is 13.5. The van der Waals surface area contributed by atoms with Crippen LogP contribution in [0.1, 0.15) is 22.4 Å². The van der Waals surface area contributed by atoms with Crippen LogP contribution in [0.3, 0.4) is 0 Å². The van der Waals surface area contributed by atoms with Crippen molar-refractivity contribution in [3.63, 3.8) is 0 Å². The fourth-order valence-corrected chi connectivity index (χ4v) is 4.75. The van der Waals surface area contributed by atoms with E-state index in [-0.39, 0.29) is 34.4 Å². The highest BCUT2D eigenvalue weighted by Crippen LogP contribution is 2.18. The summed E-state index contributed by atoms with van der Waals surface area (Å²) >= 11 is 0. The SMILES string of the molecule is N#Cc1cc(NC(=N)c2nonc2NCc2ccc(CN3CCS(=O)(=O)CC3)cc2)ccc1F. The summed E-state index contributed by atoms with van der Waals surface area (Å²) in [5.41, 5.74) is 2.42. The molecule has 1 saturated heterocycles. The topological polar surface area (TPSA) is 148 Å². The van der Waals surface area contributed by atoms with Crippen LogP contribution in [0, 0.1) is 22.6 Å². The molecule has 34 heavy (non-hydrogen) atoms. The standard InChI is InChI=1S/C22H22FN7O3S/c23-19-6-5-18(11-17(19)12-24)27-21(25)20-22(29-33-28-20)26-13-15-1-3-16(4-2-15)14-30-7-9-34(31,32)10-8-30/h1-6,11H,7-10,13-14H2,(H2,25,27)(H,26,29). The molecule has 10 nitrogen and oxygen atoms in total. The molecule has 0 radical (unpaired) electrons. The van der Waals surface area contributed by atoms with Gasteiger partial charge in [-0.3, -0.25) is 10.3 Å². The van der Waals surface area contributed by atoms with Crippen LogP contribution < -0.4 is 10.6 Å². The van der Waals surface area contributed by atoms with Gasteiger partial charge in [0, 0.05) is 31.9 Å². The van der Waals surface area contributed by atoms with Gasteiger partial charge in [-0.2, -0.15) is 5.26 Å². The van der Waals surface area contributed by atoms with Gasteiger partial charge in [0.15, 0.2) is 21.4 Å². The Morgan fingerprint density at radius 2 is 1.85 bits per heavy atom. The van der Waals surface area contributed by atoms with Crippen molar-refractivity contribution in [2.75, 3.05) is 35.2 Å². The van der Waals surface area contributed by atoms with E-state index in [9.17, 15) is 12.8 Å². The van der Waals surface area contributed by atoms with Gasteiger partial charge in [-0.1, -0.05) is 24.3 Å². The van der Waals surface area contributed by atoms with Gasteiger partial charge in [-0.05, 0) is 39.6 Å². The molecule has 176 valence electrons. The van der Waals surface area contributed by atoms with Crippen molar-refractivity contribution in [1.82, 2.24) is 15.2 Å².